The number of carbonyl (C=O) groups is 1. The summed E-state index contributed by atoms with van der Waals surface area (Å²) in [5, 5.41) is 4.26. The lowest BCUT2D eigenvalue weighted by Gasteiger charge is -2.05. The lowest BCUT2D eigenvalue weighted by Crippen LogP contribution is -2.10. The zero-order valence-corrected chi connectivity index (χ0v) is 10.5. The molecule has 0 aliphatic rings. The Kier molecular flexibility index (Phi) is 3.77. The quantitative estimate of drug-likeness (QED) is 0.774. The van der Waals surface area contributed by atoms with E-state index in [0.717, 1.165) is 5.56 Å². The van der Waals surface area contributed by atoms with E-state index < -0.39 is 0 Å². The van der Waals surface area contributed by atoms with Crippen LogP contribution in [-0.4, -0.2) is 22.9 Å². The second-order valence-electron chi connectivity index (χ2n) is 4.20. The van der Waals surface area contributed by atoms with Crippen molar-refractivity contribution in [1.29, 1.82) is 0 Å². The van der Waals surface area contributed by atoms with Crippen LogP contribution in [0.4, 0.5) is 0 Å². The van der Waals surface area contributed by atoms with E-state index in [1.807, 2.05) is 48.1 Å². The van der Waals surface area contributed by atoms with E-state index in [9.17, 15) is 4.79 Å². The van der Waals surface area contributed by atoms with Gasteiger partial charge in [-0.25, -0.2) is 0 Å². The zero-order chi connectivity index (χ0) is 13.0. The van der Waals surface area contributed by atoms with E-state index in [1.54, 1.807) is 6.20 Å². The number of benzene rings is 1. The number of nitrogens with zero attached hydrogens (tertiary/aromatic N) is 2. The van der Waals surface area contributed by atoms with Crippen LogP contribution in [0.15, 0.2) is 42.7 Å². The van der Waals surface area contributed by atoms with Gasteiger partial charge < -0.3 is 4.74 Å². The summed E-state index contributed by atoms with van der Waals surface area (Å²) in [6, 6.07) is 10.1. The molecule has 4 heteroatoms. The molecule has 0 aliphatic heterocycles. The summed E-state index contributed by atoms with van der Waals surface area (Å²) in [7, 11) is 1.40. The van der Waals surface area contributed by atoms with Crippen LogP contribution in [0.3, 0.4) is 0 Å². The van der Waals surface area contributed by atoms with Gasteiger partial charge in [-0.1, -0.05) is 30.3 Å². The summed E-state index contributed by atoms with van der Waals surface area (Å²) >= 11 is 0. The Morgan fingerprint density at radius 1 is 1.39 bits per heavy atom. The predicted octanol–water partition coefficient (Wildman–Crippen LogP) is 2.21. The molecule has 0 radical (unpaired) electrons. The second-order valence-corrected chi connectivity index (χ2v) is 4.20. The standard InChI is InChI=1S/C14H16N2O2/c1-11(14(17)18-2)13-8-15-16(10-13)9-12-6-4-3-5-7-12/h3-8,10-11H,9H2,1-2H3. The highest BCUT2D eigenvalue weighted by Crippen LogP contribution is 2.16. The minimum Gasteiger partial charge on any atom is -0.469 e. The lowest BCUT2D eigenvalue weighted by atomic mass is 10.1. The van der Waals surface area contributed by atoms with Gasteiger partial charge in [-0.05, 0) is 12.5 Å². The molecule has 1 atom stereocenters. The third kappa shape index (κ3) is 2.77. The maximum atomic E-state index is 11.4. The van der Waals surface area contributed by atoms with E-state index in [4.69, 9.17) is 4.74 Å². The molecule has 1 aromatic carbocycles. The molecule has 4 nitrogen and oxygen atoms in total. The fourth-order valence-corrected chi connectivity index (χ4v) is 1.77. The monoisotopic (exact) mass is 244 g/mol. The molecule has 94 valence electrons. The summed E-state index contributed by atoms with van der Waals surface area (Å²) in [6.07, 6.45) is 3.60. The summed E-state index contributed by atoms with van der Waals surface area (Å²) < 4.78 is 6.54. The molecular weight excluding hydrogens is 228 g/mol. The van der Waals surface area contributed by atoms with Crippen LogP contribution >= 0.6 is 0 Å². The van der Waals surface area contributed by atoms with Crippen LogP contribution in [0.1, 0.15) is 24.0 Å². The topological polar surface area (TPSA) is 44.1 Å². The number of hydrogen-bond donors (Lipinski definition) is 0. The largest absolute Gasteiger partial charge is 0.469 e. The molecule has 1 aromatic heterocycles. The van der Waals surface area contributed by atoms with Gasteiger partial charge in [0.15, 0.2) is 0 Å². The van der Waals surface area contributed by atoms with Gasteiger partial charge in [0.2, 0.25) is 0 Å². The minimum absolute atomic E-state index is 0.241. The molecule has 0 fully saturated rings. The smallest absolute Gasteiger partial charge is 0.312 e. The Bertz CT molecular complexity index is 520. The van der Waals surface area contributed by atoms with E-state index in [2.05, 4.69) is 5.10 Å². The van der Waals surface area contributed by atoms with Crippen molar-refractivity contribution in [2.75, 3.05) is 7.11 Å². The summed E-state index contributed by atoms with van der Waals surface area (Å²) in [5.41, 5.74) is 2.05. The Labute approximate surface area is 106 Å². The molecule has 18 heavy (non-hydrogen) atoms. The van der Waals surface area contributed by atoms with E-state index in [0.29, 0.717) is 6.54 Å². The Hall–Kier alpha value is -2.10. The van der Waals surface area contributed by atoms with Gasteiger partial charge in [0.1, 0.15) is 0 Å². The predicted molar refractivity (Wildman–Crippen MR) is 68.2 cm³/mol. The second kappa shape index (κ2) is 5.49. The molecule has 0 bridgehead atoms. The molecule has 0 saturated carbocycles. The van der Waals surface area contributed by atoms with Crippen molar-refractivity contribution in [3.05, 3.63) is 53.9 Å². The number of carbonyl (C=O) groups excluding carboxylic acids is 1. The van der Waals surface area contributed by atoms with Gasteiger partial charge in [0.05, 0.1) is 25.8 Å². The van der Waals surface area contributed by atoms with Crippen LogP contribution in [0, 0.1) is 0 Å². The molecule has 1 unspecified atom stereocenters. The van der Waals surface area contributed by atoms with Crippen LogP contribution in [0.5, 0.6) is 0 Å². The molecule has 0 N–H and O–H groups in total. The van der Waals surface area contributed by atoms with Crippen LogP contribution < -0.4 is 0 Å². The third-order valence-corrected chi connectivity index (χ3v) is 2.90. The molecule has 0 saturated heterocycles. The van der Waals surface area contributed by atoms with Crippen LogP contribution in [0.25, 0.3) is 0 Å². The highest BCUT2D eigenvalue weighted by molar-refractivity contribution is 5.77. The molecule has 1 heterocycles. The van der Waals surface area contributed by atoms with Gasteiger partial charge in [0.25, 0.3) is 0 Å². The van der Waals surface area contributed by atoms with Crippen molar-refractivity contribution in [3.63, 3.8) is 0 Å². The van der Waals surface area contributed by atoms with Crippen molar-refractivity contribution in [1.82, 2.24) is 9.78 Å². The van der Waals surface area contributed by atoms with Crippen molar-refractivity contribution in [2.45, 2.75) is 19.4 Å². The van der Waals surface area contributed by atoms with E-state index in [-0.39, 0.29) is 11.9 Å². The first-order valence-electron chi connectivity index (χ1n) is 5.85. The van der Waals surface area contributed by atoms with Gasteiger partial charge in [-0.2, -0.15) is 5.10 Å². The van der Waals surface area contributed by atoms with Crippen molar-refractivity contribution in [3.8, 4) is 0 Å². The first kappa shape index (κ1) is 12.4. The summed E-state index contributed by atoms with van der Waals surface area (Å²) in [4.78, 5) is 11.4. The number of ether oxygens (including phenoxy) is 1. The number of esters is 1. The Morgan fingerprint density at radius 3 is 2.78 bits per heavy atom. The minimum atomic E-state index is -0.278. The van der Waals surface area contributed by atoms with Crippen molar-refractivity contribution < 1.29 is 9.53 Å². The molecular formula is C14H16N2O2. The molecule has 2 rings (SSSR count). The number of hydrogen-bond acceptors (Lipinski definition) is 3. The average Bonchev–Trinajstić information content (AvgIpc) is 2.86. The highest BCUT2D eigenvalue weighted by Gasteiger charge is 2.17. The first-order chi connectivity index (χ1) is 8.70. The number of methoxy groups -OCH3 is 1. The molecule has 0 spiro atoms. The van der Waals surface area contributed by atoms with Crippen LogP contribution in [0.2, 0.25) is 0 Å². The van der Waals surface area contributed by atoms with Crippen molar-refractivity contribution in [2.24, 2.45) is 0 Å². The van der Waals surface area contributed by atoms with E-state index >= 15 is 0 Å². The fourth-order valence-electron chi connectivity index (χ4n) is 1.77. The number of rotatable bonds is 4. The van der Waals surface area contributed by atoms with Crippen LogP contribution in [-0.2, 0) is 16.1 Å². The van der Waals surface area contributed by atoms with E-state index in [1.165, 1.54) is 12.7 Å². The van der Waals surface area contributed by atoms with Gasteiger partial charge in [0, 0.05) is 11.8 Å². The van der Waals surface area contributed by atoms with Gasteiger partial charge in [-0.3, -0.25) is 9.48 Å². The fraction of sp³-hybridized carbons (Fsp3) is 0.286. The highest BCUT2D eigenvalue weighted by atomic mass is 16.5. The SMILES string of the molecule is COC(=O)C(C)c1cnn(Cc2ccccc2)c1. The molecule has 2 aromatic rings. The normalized spacial score (nSPS) is 12.1. The maximum Gasteiger partial charge on any atom is 0.312 e. The summed E-state index contributed by atoms with van der Waals surface area (Å²) in [5.74, 6) is -0.520. The Balaban J connectivity index is 2.09. The Morgan fingerprint density at radius 2 is 2.11 bits per heavy atom. The third-order valence-electron chi connectivity index (χ3n) is 2.90. The first-order valence-corrected chi connectivity index (χ1v) is 5.85. The maximum absolute atomic E-state index is 11.4. The number of aromatic nitrogens is 2. The lowest BCUT2D eigenvalue weighted by molar-refractivity contribution is -0.141. The molecule has 0 aliphatic carbocycles. The van der Waals surface area contributed by atoms with Gasteiger partial charge >= 0.3 is 5.97 Å². The average molecular weight is 244 g/mol. The van der Waals surface area contributed by atoms with Gasteiger partial charge in [-0.15, -0.1) is 0 Å². The summed E-state index contributed by atoms with van der Waals surface area (Å²) in [6.45, 7) is 2.52. The molecule has 0 amide bonds. The zero-order valence-electron chi connectivity index (χ0n) is 10.5. The van der Waals surface area contributed by atoms with Crippen molar-refractivity contribution >= 4 is 5.97 Å².